The average molecular weight is 379 g/mol. The van der Waals surface area contributed by atoms with Crippen LogP contribution in [0.4, 0.5) is 4.79 Å². The van der Waals surface area contributed by atoms with Gasteiger partial charge in [-0.1, -0.05) is 35.5 Å². The van der Waals surface area contributed by atoms with Crippen molar-refractivity contribution in [3.05, 3.63) is 66.6 Å². The van der Waals surface area contributed by atoms with Crippen molar-refractivity contribution in [3.63, 3.8) is 0 Å². The third-order valence-corrected chi connectivity index (χ3v) is 4.73. The Labute approximate surface area is 162 Å². The highest BCUT2D eigenvalue weighted by Crippen LogP contribution is 2.22. The normalized spacial score (nSPS) is 19.0. The van der Waals surface area contributed by atoms with Gasteiger partial charge in [0.1, 0.15) is 12.3 Å². The second-order valence-electron chi connectivity index (χ2n) is 6.80. The van der Waals surface area contributed by atoms with E-state index in [-0.39, 0.29) is 19.2 Å². The molecule has 0 saturated carbocycles. The van der Waals surface area contributed by atoms with E-state index in [1.165, 1.54) is 0 Å². The molecule has 1 aliphatic rings. The van der Waals surface area contributed by atoms with Crippen molar-refractivity contribution >= 4 is 6.09 Å². The molecule has 0 unspecified atom stereocenters. The number of ether oxygens (including phenoxy) is 1. The zero-order valence-electron chi connectivity index (χ0n) is 15.3. The molecule has 0 radical (unpaired) electrons. The predicted octanol–water partition coefficient (Wildman–Crippen LogP) is 2.11. The summed E-state index contributed by atoms with van der Waals surface area (Å²) in [5, 5.41) is 18.4. The number of amides is 1. The molecule has 0 spiro atoms. The highest BCUT2D eigenvalue weighted by atomic mass is 16.6. The number of benzene rings is 1. The number of aliphatic hydroxyl groups is 1. The highest BCUT2D eigenvalue weighted by molar-refractivity contribution is 5.68. The van der Waals surface area contributed by atoms with Crippen molar-refractivity contribution in [2.24, 2.45) is 0 Å². The van der Waals surface area contributed by atoms with Gasteiger partial charge in [0.15, 0.2) is 0 Å². The predicted molar refractivity (Wildman–Crippen MR) is 101 cm³/mol. The van der Waals surface area contributed by atoms with Gasteiger partial charge in [0, 0.05) is 18.0 Å². The Morgan fingerprint density at radius 2 is 2.07 bits per heavy atom. The summed E-state index contributed by atoms with van der Waals surface area (Å²) in [6.07, 6.45) is 4.71. The number of aliphatic hydroxyl groups excluding tert-OH is 1. The minimum atomic E-state index is -0.574. The summed E-state index contributed by atoms with van der Waals surface area (Å²) >= 11 is 0. The Bertz CT molecular complexity index is 916. The third-order valence-electron chi connectivity index (χ3n) is 4.73. The van der Waals surface area contributed by atoms with Crippen LogP contribution in [0.5, 0.6) is 0 Å². The lowest BCUT2D eigenvalue weighted by atomic mass is 10.2. The van der Waals surface area contributed by atoms with E-state index in [1.54, 1.807) is 22.0 Å². The zero-order chi connectivity index (χ0) is 19.3. The van der Waals surface area contributed by atoms with Crippen LogP contribution in [0.1, 0.15) is 12.0 Å². The number of aromatic nitrogens is 4. The van der Waals surface area contributed by atoms with Crippen LogP contribution in [0.2, 0.25) is 0 Å². The Kier molecular flexibility index (Phi) is 5.29. The summed E-state index contributed by atoms with van der Waals surface area (Å²) in [7, 11) is 0. The number of hydrogen-bond acceptors (Lipinski definition) is 6. The van der Waals surface area contributed by atoms with Crippen molar-refractivity contribution in [3.8, 4) is 11.3 Å². The fraction of sp³-hybridized carbons (Fsp3) is 0.300. The SMILES string of the molecule is O=C(OCc1ccccc1)N1C[C@H](O)C[C@@H]1Cn1cc(-c2cccnc2)nn1. The molecule has 1 aromatic carbocycles. The zero-order valence-corrected chi connectivity index (χ0v) is 15.3. The van der Waals surface area contributed by atoms with E-state index in [9.17, 15) is 9.90 Å². The second-order valence-corrected chi connectivity index (χ2v) is 6.80. The van der Waals surface area contributed by atoms with Crippen molar-refractivity contribution in [1.29, 1.82) is 0 Å². The minimum absolute atomic E-state index is 0.202. The average Bonchev–Trinajstić information content (AvgIpc) is 3.34. The fourth-order valence-electron chi connectivity index (χ4n) is 3.34. The van der Waals surface area contributed by atoms with Crippen LogP contribution in [0, 0.1) is 0 Å². The second kappa shape index (κ2) is 8.18. The lowest BCUT2D eigenvalue weighted by Gasteiger charge is -2.23. The van der Waals surface area contributed by atoms with Gasteiger partial charge in [0.25, 0.3) is 0 Å². The number of hydrogen-bond donors (Lipinski definition) is 1. The van der Waals surface area contributed by atoms with Gasteiger partial charge in [0.05, 0.1) is 31.4 Å². The maximum atomic E-state index is 12.5. The number of carbonyl (C=O) groups excluding carboxylic acids is 1. The first kappa shape index (κ1) is 18.1. The molecule has 144 valence electrons. The number of rotatable bonds is 5. The maximum absolute atomic E-state index is 12.5. The van der Waals surface area contributed by atoms with Crippen LogP contribution in [-0.4, -0.2) is 54.8 Å². The molecule has 1 aliphatic heterocycles. The molecule has 1 N–H and O–H groups in total. The molecule has 28 heavy (non-hydrogen) atoms. The van der Waals surface area contributed by atoms with Crippen LogP contribution >= 0.6 is 0 Å². The number of β-amino-alcohol motifs (C(OH)–C–C–N with tert-alkyl or cyclic N) is 1. The first-order valence-corrected chi connectivity index (χ1v) is 9.15. The van der Waals surface area contributed by atoms with Crippen molar-refractivity contribution < 1.29 is 14.6 Å². The quantitative estimate of drug-likeness (QED) is 0.730. The maximum Gasteiger partial charge on any atom is 0.410 e. The van der Waals surface area contributed by atoms with Crippen molar-refractivity contribution in [1.82, 2.24) is 24.9 Å². The van der Waals surface area contributed by atoms with E-state index in [4.69, 9.17) is 4.74 Å². The van der Waals surface area contributed by atoms with E-state index >= 15 is 0 Å². The van der Waals surface area contributed by atoms with Gasteiger partial charge in [-0.05, 0) is 24.1 Å². The summed E-state index contributed by atoms with van der Waals surface area (Å²) in [6.45, 7) is 0.890. The van der Waals surface area contributed by atoms with Crippen molar-refractivity contribution in [2.75, 3.05) is 6.54 Å². The van der Waals surface area contributed by atoms with Gasteiger partial charge < -0.3 is 14.7 Å². The van der Waals surface area contributed by atoms with Gasteiger partial charge in [-0.3, -0.25) is 4.98 Å². The summed E-state index contributed by atoms with van der Waals surface area (Å²) in [5.41, 5.74) is 2.51. The molecule has 8 heteroatoms. The number of pyridine rings is 1. The van der Waals surface area contributed by atoms with Gasteiger partial charge in [-0.15, -0.1) is 5.10 Å². The molecule has 1 saturated heterocycles. The van der Waals surface area contributed by atoms with Crippen LogP contribution < -0.4 is 0 Å². The van der Waals surface area contributed by atoms with Crippen LogP contribution in [-0.2, 0) is 17.9 Å². The van der Waals surface area contributed by atoms with Gasteiger partial charge >= 0.3 is 6.09 Å². The molecule has 3 aromatic rings. The lowest BCUT2D eigenvalue weighted by Crippen LogP contribution is -2.38. The van der Waals surface area contributed by atoms with Gasteiger partial charge in [0.2, 0.25) is 0 Å². The van der Waals surface area contributed by atoms with Gasteiger partial charge in [-0.2, -0.15) is 0 Å². The molecule has 0 bridgehead atoms. The summed E-state index contributed by atoms with van der Waals surface area (Å²) in [6, 6.07) is 13.1. The van der Waals surface area contributed by atoms with E-state index in [2.05, 4.69) is 15.3 Å². The summed E-state index contributed by atoms with van der Waals surface area (Å²) < 4.78 is 7.11. The monoisotopic (exact) mass is 379 g/mol. The number of likely N-dealkylation sites (tertiary alicyclic amines) is 1. The molecule has 3 heterocycles. The number of carbonyl (C=O) groups is 1. The molecule has 2 atom stereocenters. The molecule has 8 nitrogen and oxygen atoms in total. The lowest BCUT2D eigenvalue weighted by molar-refractivity contribution is 0.0850. The summed E-state index contributed by atoms with van der Waals surface area (Å²) in [5.74, 6) is 0. The molecule has 1 fully saturated rings. The first-order chi connectivity index (χ1) is 13.7. The highest BCUT2D eigenvalue weighted by Gasteiger charge is 2.35. The largest absolute Gasteiger partial charge is 0.445 e. The van der Waals surface area contributed by atoms with E-state index in [1.807, 2.05) is 48.7 Å². The van der Waals surface area contributed by atoms with E-state index in [0.717, 1.165) is 11.1 Å². The smallest absolute Gasteiger partial charge is 0.410 e. The fourth-order valence-corrected chi connectivity index (χ4v) is 3.34. The van der Waals surface area contributed by atoms with Crippen molar-refractivity contribution in [2.45, 2.75) is 31.7 Å². The molecular formula is C20H21N5O3. The van der Waals surface area contributed by atoms with Crippen LogP contribution in [0.3, 0.4) is 0 Å². The Morgan fingerprint density at radius 3 is 2.86 bits per heavy atom. The van der Waals surface area contributed by atoms with E-state index < -0.39 is 12.2 Å². The topological polar surface area (TPSA) is 93.4 Å². The number of nitrogens with zero attached hydrogens (tertiary/aromatic N) is 5. The Hall–Kier alpha value is -3.26. The Morgan fingerprint density at radius 1 is 1.21 bits per heavy atom. The third kappa shape index (κ3) is 4.17. The minimum Gasteiger partial charge on any atom is -0.445 e. The standard InChI is InChI=1S/C20H21N5O3/c26-18-9-17(11-24-13-19(22-23-24)16-7-4-8-21-10-16)25(12-18)20(27)28-14-15-5-2-1-3-6-15/h1-8,10,13,17-18,26H,9,11-12,14H2/t17-,18-/m1/s1. The van der Waals surface area contributed by atoms with Crippen LogP contribution in [0.15, 0.2) is 61.1 Å². The molecule has 0 aliphatic carbocycles. The van der Waals surface area contributed by atoms with Crippen LogP contribution in [0.25, 0.3) is 11.3 Å². The van der Waals surface area contributed by atoms with Gasteiger partial charge in [-0.25, -0.2) is 9.48 Å². The first-order valence-electron chi connectivity index (χ1n) is 9.15. The molecule has 2 aromatic heterocycles. The summed E-state index contributed by atoms with van der Waals surface area (Å²) in [4.78, 5) is 18.2. The molecule has 4 rings (SSSR count). The van der Waals surface area contributed by atoms with E-state index in [0.29, 0.717) is 18.7 Å². The molecular weight excluding hydrogens is 358 g/mol. The molecule has 1 amide bonds. The Balaban J connectivity index is 1.40.